The minimum Gasteiger partial charge on any atom is -0.493 e. The quantitative estimate of drug-likeness (QED) is 0.909. The first-order valence-corrected chi connectivity index (χ1v) is 6.44. The molecule has 0 radical (unpaired) electrons. The van der Waals surface area contributed by atoms with Crippen LogP contribution in [-0.4, -0.2) is 17.7 Å². The van der Waals surface area contributed by atoms with Gasteiger partial charge in [-0.3, -0.25) is 0 Å². The Labute approximate surface area is 115 Å². The van der Waals surface area contributed by atoms with Crippen LogP contribution in [0.2, 0.25) is 0 Å². The lowest BCUT2D eigenvalue weighted by Gasteiger charge is -2.18. The number of benzene rings is 2. The summed E-state index contributed by atoms with van der Waals surface area (Å²) >= 11 is 0. The molecule has 0 spiro atoms. The Balaban J connectivity index is 2.08. The number of hydrogen-bond donors (Lipinski definition) is 1. The van der Waals surface area contributed by atoms with Crippen LogP contribution in [0.1, 0.15) is 22.3 Å². The number of rotatable bonds is 2. The molecular formula is C16H13FO3. The second-order valence-electron chi connectivity index (χ2n) is 4.77. The minimum absolute atomic E-state index is 0.0790. The van der Waals surface area contributed by atoms with Crippen LogP contribution in [-0.2, 0) is 6.42 Å². The molecule has 1 aliphatic rings. The predicted octanol–water partition coefficient (Wildman–Crippen LogP) is 3.52. The van der Waals surface area contributed by atoms with Gasteiger partial charge in [0, 0.05) is 5.56 Å². The van der Waals surface area contributed by atoms with E-state index in [1.54, 1.807) is 6.07 Å². The highest BCUT2D eigenvalue weighted by molar-refractivity contribution is 5.89. The van der Waals surface area contributed by atoms with E-state index in [0.717, 1.165) is 24.2 Å². The minimum atomic E-state index is -1.06. The van der Waals surface area contributed by atoms with Gasteiger partial charge in [0.15, 0.2) is 0 Å². The van der Waals surface area contributed by atoms with Gasteiger partial charge in [-0.1, -0.05) is 6.07 Å². The van der Waals surface area contributed by atoms with Gasteiger partial charge in [-0.15, -0.1) is 0 Å². The zero-order valence-electron chi connectivity index (χ0n) is 10.7. The van der Waals surface area contributed by atoms with E-state index in [2.05, 4.69) is 0 Å². The predicted molar refractivity (Wildman–Crippen MR) is 72.6 cm³/mol. The number of carboxylic acids is 1. The molecule has 0 bridgehead atoms. The van der Waals surface area contributed by atoms with Crippen molar-refractivity contribution in [1.29, 1.82) is 0 Å². The molecule has 0 atom stereocenters. The van der Waals surface area contributed by atoms with E-state index >= 15 is 0 Å². The fraction of sp³-hybridized carbons (Fsp3) is 0.188. The van der Waals surface area contributed by atoms with Gasteiger partial charge in [0.2, 0.25) is 0 Å². The van der Waals surface area contributed by atoms with Crippen LogP contribution in [0.5, 0.6) is 5.75 Å². The average molecular weight is 272 g/mol. The van der Waals surface area contributed by atoms with E-state index in [9.17, 15) is 9.18 Å². The topological polar surface area (TPSA) is 46.5 Å². The van der Waals surface area contributed by atoms with Crippen molar-refractivity contribution < 1.29 is 19.0 Å². The SMILES string of the molecule is O=C(O)c1ccc(F)c(-c2ccc3c(c2)CCCO3)c1. The number of aryl methyl sites for hydroxylation is 1. The molecule has 1 aliphatic heterocycles. The molecule has 2 aromatic rings. The Hall–Kier alpha value is -2.36. The highest BCUT2D eigenvalue weighted by Crippen LogP contribution is 2.31. The summed E-state index contributed by atoms with van der Waals surface area (Å²) in [6.45, 7) is 0.704. The van der Waals surface area contributed by atoms with Crippen molar-refractivity contribution in [2.24, 2.45) is 0 Å². The van der Waals surface area contributed by atoms with Crippen LogP contribution in [0, 0.1) is 5.82 Å². The van der Waals surface area contributed by atoms with Crippen molar-refractivity contribution in [3.8, 4) is 16.9 Å². The lowest BCUT2D eigenvalue weighted by atomic mass is 9.97. The molecule has 0 amide bonds. The summed E-state index contributed by atoms with van der Waals surface area (Å²) in [4.78, 5) is 11.0. The third kappa shape index (κ3) is 2.25. The first-order chi connectivity index (χ1) is 9.65. The molecule has 0 aliphatic carbocycles. The Kier molecular flexibility index (Phi) is 3.14. The molecule has 2 aromatic carbocycles. The average Bonchev–Trinajstić information content (AvgIpc) is 2.47. The zero-order chi connectivity index (χ0) is 14.1. The van der Waals surface area contributed by atoms with Gasteiger partial charge in [-0.05, 0) is 54.3 Å². The summed E-state index contributed by atoms with van der Waals surface area (Å²) in [7, 11) is 0. The van der Waals surface area contributed by atoms with Crippen molar-refractivity contribution >= 4 is 5.97 Å². The number of fused-ring (bicyclic) bond motifs is 1. The van der Waals surface area contributed by atoms with Crippen LogP contribution in [0.3, 0.4) is 0 Å². The van der Waals surface area contributed by atoms with E-state index in [1.165, 1.54) is 18.2 Å². The van der Waals surface area contributed by atoms with E-state index in [0.29, 0.717) is 17.7 Å². The van der Waals surface area contributed by atoms with Gasteiger partial charge in [-0.2, -0.15) is 0 Å². The summed E-state index contributed by atoms with van der Waals surface area (Å²) in [6, 6.07) is 9.27. The van der Waals surface area contributed by atoms with Crippen LogP contribution in [0.4, 0.5) is 4.39 Å². The molecule has 0 saturated carbocycles. The Bertz CT molecular complexity index is 679. The number of carboxylic acid groups (broad SMARTS) is 1. The molecule has 1 heterocycles. The maximum atomic E-state index is 13.9. The van der Waals surface area contributed by atoms with Crippen molar-refractivity contribution in [1.82, 2.24) is 0 Å². The molecule has 4 heteroatoms. The molecule has 20 heavy (non-hydrogen) atoms. The molecular weight excluding hydrogens is 259 g/mol. The van der Waals surface area contributed by atoms with Crippen LogP contribution < -0.4 is 4.74 Å². The fourth-order valence-electron chi connectivity index (χ4n) is 2.41. The molecule has 102 valence electrons. The molecule has 1 N–H and O–H groups in total. The summed E-state index contributed by atoms with van der Waals surface area (Å²) in [5.74, 6) is -0.658. The Morgan fingerprint density at radius 3 is 2.85 bits per heavy atom. The lowest BCUT2D eigenvalue weighted by Crippen LogP contribution is -2.08. The molecule has 0 saturated heterocycles. The fourth-order valence-corrected chi connectivity index (χ4v) is 2.41. The van der Waals surface area contributed by atoms with Gasteiger partial charge in [0.25, 0.3) is 0 Å². The third-order valence-electron chi connectivity index (χ3n) is 3.43. The van der Waals surface area contributed by atoms with Crippen LogP contribution in [0.25, 0.3) is 11.1 Å². The standard InChI is InChI=1S/C16H13FO3/c17-14-5-3-12(16(18)19)9-13(14)10-4-6-15-11(8-10)2-1-7-20-15/h3-6,8-9H,1-2,7H2,(H,18,19). The zero-order valence-corrected chi connectivity index (χ0v) is 10.7. The summed E-state index contributed by atoms with van der Waals surface area (Å²) in [6.07, 6.45) is 1.83. The first kappa shape index (κ1) is 12.7. The summed E-state index contributed by atoms with van der Waals surface area (Å²) in [5.41, 5.74) is 2.09. The van der Waals surface area contributed by atoms with Crippen molar-refractivity contribution in [2.75, 3.05) is 6.61 Å². The molecule has 0 aromatic heterocycles. The Morgan fingerprint density at radius 2 is 2.05 bits per heavy atom. The number of carbonyl (C=O) groups is 1. The smallest absolute Gasteiger partial charge is 0.335 e. The summed E-state index contributed by atoms with van der Waals surface area (Å²) in [5, 5.41) is 9.00. The molecule has 0 fully saturated rings. The number of ether oxygens (including phenoxy) is 1. The van der Waals surface area contributed by atoms with Gasteiger partial charge >= 0.3 is 5.97 Å². The Morgan fingerprint density at radius 1 is 1.20 bits per heavy atom. The maximum absolute atomic E-state index is 13.9. The van der Waals surface area contributed by atoms with Gasteiger partial charge < -0.3 is 9.84 Å². The normalized spacial score (nSPS) is 13.4. The van der Waals surface area contributed by atoms with E-state index in [4.69, 9.17) is 9.84 Å². The van der Waals surface area contributed by atoms with Gasteiger partial charge in [-0.25, -0.2) is 9.18 Å². The van der Waals surface area contributed by atoms with Crippen LogP contribution >= 0.6 is 0 Å². The second-order valence-corrected chi connectivity index (χ2v) is 4.77. The molecule has 3 nitrogen and oxygen atoms in total. The second kappa shape index (κ2) is 4.96. The highest BCUT2D eigenvalue weighted by Gasteiger charge is 2.14. The number of aromatic carboxylic acids is 1. The van der Waals surface area contributed by atoms with Crippen molar-refractivity contribution in [2.45, 2.75) is 12.8 Å². The first-order valence-electron chi connectivity index (χ1n) is 6.44. The van der Waals surface area contributed by atoms with E-state index in [-0.39, 0.29) is 5.56 Å². The number of halogens is 1. The highest BCUT2D eigenvalue weighted by atomic mass is 19.1. The number of hydrogen-bond acceptors (Lipinski definition) is 2. The van der Waals surface area contributed by atoms with Gasteiger partial charge in [0.1, 0.15) is 11.6 Å². The molecule has 3 rings (SSSR count). The molecule has 0 unspecified atom stereocenters. The van der Waals surface area contributed by atoms with E-state index in [1.807, 2.05) is 12.1 Å². The maximum Gasteiger partial charge on any atom is 0.335 e. The lowest BCUT2D eigenvalue weighted by molar-refractivity contribution is 0.0697. The largest absolute Gasteiger partial charge is 0.493 e. The third-order valence-corrected chi connectivity index (χ3v) is 3.43. The van der Waals surface area contributed by atoms with Crippen molar-refractivity contribution in [3.63, 3.8) is 0 Å². The van der Waals surface area contributed by atoms with Crippen LogP contribution in [0.15, 0.2) is 36.4 Å². The summed E-state index contributed by atoms with van der Waals surface area (Å²) < 4.78 is 19.4. The van der Waals surface area contributed by atoms with Gasteiger partial charge in [0.05, 0.1) is 12.2 Å². The van der Waals surface area contributed by atoms with Crippen molar-refractivity contribution in [3.05, 3.63) is 53.3 Å². The van der Waals surface area contributed by atoms with E-state index < -0.39 is 11.8 Å². The monoisotopic (exact) mass is 272 g/mol.